The molecule has 0 amide bonds. The Morgan fingerprint density at radius 2 is 2.23 bits per heavy atom. The summed E-state index contributed by atoms with van der Waals surface area (Å²) in [7, 11) is 0. The lowest BCUT2D eigenvalue weighted by atomic mass is 10.2. The highest BCUT2D eigenvalue weighted by molar-refractivity contribution is 6.00. The quantitative estimate of drug-likeness (QED) is 0.616. The van der Waals surface area contributed by atoms with Gasteiger partial charge in [0.2, 0.25) is 0 Å². The van der Waals surface area contributed by atoms with Crippen LogP contribution in [-0.4, -0.2) is 18.4 Å². The van der Waals surface area contributed by atoms with E-state index in [1.807, 2.05) is 0 Å². The van der Waals surface area contributed by atoms with Crippen molar-refractivity contribution < 1.29 is 14.3 Å². The minimum Gasteiger partial charge on any atom is -0.462 e. The number of ketones is 1. The summed E-state index contributed by atoms with van der Waals surface area (Å²) in [4.78, 5) is 22.1. The third-order valence-electron chi connectivity index (χ3n) is 1.83. The third kappa shape index (κ3) is 2.28. The zero-order chi connectivity index (χ0) is 9.84. The van der Waals surface area contributed by atoms with E-state index in [0.717, 1.165) is 0 Å². The fourth-order valence-electron chi connectivity index (χ4n) is 1.13. The molecular weight excluding hydrogens is 168 g/mol. The second-order valence-corrected chi connectivity index (χ2v) is 2.81. The van der Waals surface area contributed by atoms with Crippen molar-refractivity contribution in [2.75, 3.05) is 6.61 Å². The predicted octanol–water partition coefficient (Wildman–Crippen LogP) is 1.40. The molecular formula is C10H12O3. The van der Waals surface area contributed by atoms with Crippen LogP contribution in [-0.2, 0) is 14.3 Å². The predicted molar refractivity (Wildman–Crippen MR) is 48.1 cm³/mol. The van der Waals surface area contributed by atoms with Crippen LogP contribution in [0.25, 0.3) is 0 Å². The first-order valence-corrected chi connectivity index (χ1v) is 4.24. The summed E-state index contributed by atoms with van der Waals surface area (Å²) in [6.45, 7) is 3.61. The maximum atomic E-state index is 11.2. The van der Waals surface area contributed by atoms with Crippen LogP contribution in [0.2, 0.25) is 0 Å². The topological polar surface area (TPSA) is 43.4 Å². The Morgan fingerprint density at radius 1 is 1.54 bits per heavy atom. The lowest BCUT2D eigenvalue weighted by molar-refractivity contribution is -0.138. The zero-order valence-corrected chi connectivity index (χ0v) is 7.79. The second-order valence-electron chi connectivity index (χ2n) is 2.81. The molecule has 70 valence electrons. The van der Waals surface area contributed by atoms with Gasteiger partial charge in [-0.2, -0.15) is 0 Å². The largest absolute Gasteiger partial charge is 0.462 e. The molecule has 0 unspecified atom stereocenters. The van der Waals surface area contributed by atoms with E-state index in [9.17, 15) is 9.59 Å². The molecule has 13 heavy (non-hydrogen) atoms. The molecule has 3 nitrogen and oxygen atoms in total. The van der Waals surface area contributed by atoms with Crippen molar-refractivity contribution in [1.82, 2.24) is 0 Å². The van der Waals surface area contributed by atoms with Crippen molar-refractivity contribution in [2.45, 2.75) is 20.3 Å². The first kappa shape index (κ1) is 9.71. The van der Waals surface area contributed by atoms with Crippen molar-refractivity contribution in [3.63, 3.8) is 0 Å². The number of Topliss-reactive ketones (excluding diaryl/α,β-unsaturated/α-hetero) is 1. The van der Waals surface area contributed by atoms with Crippen LogP contribution in [0.1, 0.15) is 20.3 Å². The molecule has 0 aliphatic heterocycles. The molecule has 1 rings (SSSR count). The van der Waals surface area contributed by atoms with Gasteiger partial charge in [-0.25, -0.2) is 4.79 Å². The molecule has 0 N–H and O–H groups in total. The summed E-state index contributed by atoms with van der Waals surface area (Å²) in [5.41, 5.74) is 1.16. The molecule has 0 radical (unpaired) electrons. The van der Waals surface area contributed by atoms with Crippen LogP contribution in [0.3, 0.4) is 0 Å². The number of allylic oxidation sites excluding steroid dienone is 2. The molecule has 0 aromatic carbocycles. The van der Waals surface area contributed by atoms with E-state index in [2.05, 4.69) is 0 Å². The zero-order valence-electron chi connectivity index (χ0n) is 7.79. The van der Waals surface area contributed by atoms with Crippen molar-refractivity contribution in [2.24, 2.45) is 0 Å². The minimum absolute atomic E-state index is 0.00977. The normalized spacial score (nSPS) is 14.9. The maximum Gasteiger partial charge on any atom is 0.337 e. The van der Waals surface area contributed by atoms with E-state index in [0.29, 0.717) is 24.2 Å². The van der Waals surface area contributed by atoms with E-state index in [1.165, 1.54) is 6.92 Å². The van der Waals surface area contributed by atoms with Gasteiger partial charge in [0, 0.05) is 0 Å². The number of hydrogen-bond donors (Lipinski definition) is 0. The van der Waals surface area contributed by atoms with Crippen molar-refractivity contribution in [1.29, 1.82) is 0 Å². The van der Waals surface area contributed by atoms with Crippen LogP contribution in [0.4, 0.5) is 0 Å². The fraction of sp³-hybridized carbons (Fsp3) is 0.400. The Hall–Kier alpha value is -1.38. The Bertz CT molecular complexity index is 297. The van der Waals surface area contributed by atoms with Gasteiger partial charge >= 0.3 is 5.97 Å². The highest BCUT2D eigenvalue weighted by Crippen LogP contribution is 2.18. The highest BCUT2D eigenvalue weighted by atomic mass is 16.5. The average molecular weight is 180 g/mol. The molecule has 0 aromatic rings. The number of carbonyl (C=O) groups excluding carboxylic acids is 2. The van der Waals surface area contributed by atoms with Gasteiger partial charge in [-0.05, 0) is 31.9 Å². The summed E-state index contributed by atoms with van der Waals surface area (Å²) in [5.74, 6) is -0.339. The number of hydrogen-bond acceptors (Lipinski definition) is 3. The SMILES string of the molecule is CCOC(=O)C1=CCC(C(C)=O)=C1. The van der Waals surface area contributed by atoms with Gasteiger partial charge in [0.05, 0.1) is 12.2 Å². The summed E-state index contributed by atoms with van der Waals surface area (Å²) in [5, 5.41) is 0. The molecule has 0 bridgehead atoms. The lowest BCUT2D eigenvalue weighted by Gasteiger charge is -1.98. The van der Waals surface area contributed by atoms with Crippen molar-refractivity contribution in [3.8, 4) is 0 Å². The summed E-state index contributed by atoms with van der Waals surface area (Å²) in [6, 6.07) is 0. The molecule has 3 heteroatoms. The summed E-state index contributed by atoms with van der Waals surface area (Å²) >= 11 is 0. The Morgan fingerprint density at radius 3 is 2.69 bits per heavy atom. The molecule has 1 aliphatic rings. The summed E-state index contributed by atoms with van der Waals surface area (Å²) in [6.07, 6.45) is 3.86. The maximum absolute atomic E-state index is 11.2. The van der Waals surface area contributed by atoms with Gasteiger partial charge in [0.25, 0.3) is 0 Å². The first-order valence-electron chi connectivity index (χ1n) is 4.24. The number of carbonyl (C=O) groups is 2. The fourth-order valence-corrected chi connectivity index (χ4v) is 1.13. The Labute approximate surface area is 77.1 Å². The average Bonchev–Trinajstić information content (AvgIpc) is 2.52. The van der Waals surface area contributed by atoms with Gasteiger partial charge in [-0.1, -0.05) is 6.08 Å². The molecule has 0 saturated carbocycles. The molecule has 0 aromatic heterocycles. The van der Waals surface area contributed by atoms with Crippen LogP contribution < -0.4 is 0 Å². The Balaban J connectivity index is 2.65. The minimum atomic E-state index is -0.348. The van der Waals surface area contributed by atoms with Crippen molar-refractivity contribution >= 4 is 11.8 Å². The van der Waals surface area contributed by atoms with E-state index in [1.54, 1.807) is 19.1 Å². The molecule has 0 spiro atoms. The van der Waals surface area contributed by atoms with E-state index in [4.69, 9.17) is 4.74 Å². The standard InChI is InChI=1S/C10H12O3/c1-3-13-10(12)9-5-4-8(6-9)7(2)11/h5-6H,3-4H2,1-2H3. The van der Waals surface area contributed by atoms with Gasteiger partial charge in [0.15, 0.2) is 5.78 Å². The second kappa shape index (κ2) is 4.03. The smallest absolute Gasteiger partial charge is 0.337 e. The highest BCUT2D eigenvalue weighted by Gasteiger charge is 2.16. The van der Waals surface area contributed by atoms with E-state index >= 15 is 0 Å². The number of esters is 1. The van der Waals surface area contributed by atoms with Gasteiger partial charge in [-0.3, -0.25) is 4.79 Å². The van der Waals surface area contributed by atoms with Crippen LogP contribution in [0.15, 0.2) is 23.3 Å². The Kier molecular flexibility index (Phi) is 3.01. The summed E-state index contributed by atoms with van der Waals surface area (Å²) < 4.78 is 4.79. The molecule has 0 fully saturated rings. The van der Waals surface area contributed by atoms with Crippen molar-refractivity contribution in [3.05, 3.63) is 23.3 Å². The van der Waals surface area contributed by atoms with Gasteiger partial charge in [-0.15, -0.1) is 0 Å². The van der Waals surface area contributed by atoms with Crippen LogP contribution >= 0.6 is 0 Å². The molecule has 0 saturated heterocycles. The molecule has 0 atom stereocenters. The first-order chi connectivity index (χ1) is 6.15. The monoisotopic (exact) mass is 180 g/mol. The van der Waals surface area contributed by atoms with Gasteiger partial charge in [0.1, 0.15) is 0 Å². The van der Waals surface area contributed by atoms with E-state index in [-0.39, 0.29) is 11.8 Å². The third-order valence-corrected chi connectivity index (χ3v) is 1.83. The van der Waals surface area contributed by atoms with Gasteiger partial charge < -0.3 is 4.74 Å². The van der Waals surface area contributed by atoms with E-state index < -0.39 is 0 Å². The van der Waals surface area contributed by atoms with Crippen LogP contribution in [0, 0.1) is 0 Å². The van der Waals surface area contributed by atoms with Crippen LogP contribution in [0.5, 0.6) is 0 Å². The molecule has 0 heterocycles. The lowest BCUT2D eigenvalue weighted by Crippen LogP contribution is -2.04. The number of rotatable bonds is 3. The molecule has 1 aliphatic carbocycles. The number of ether oxygens (including phenoxy) is 1.